The Hall–Kier alpha value is -2.03. The lowest BCUT2D eigenvalue weighted by Gasteiger charge is -2.25. The highest BCUT2D eigenvalue weighted by Gasteiger charge is 2.21. The van der Waals surface area contributed by atoms with Gasteiger partial charge in [0.1, 0.15) is 0 Å². The number of fused-ring (bicyclic) bond motifs is 1. The predicted octanol–water partition coefficient (Wildman–Crippen LogP) is 2.69. The van der Waals surface area contributed by atoms with Gasteiger partial charge in [-0.25, -0.2) is 18.4 Å². The maximum atomic E-state index is 12.2. The van der Waals surface area contributed by atoms with E-state index in [0.29, 0.717) is 5.69 Å². The van der Waals surface area contributed by atoms with E-state index in [4.69, 9.17) is 5.14 Å². The minimum absolute atomic E-state index is 0.00620. The Morgan fingerprint density at radius 2 is 1.83 bits per heavy atom. The summed E-state index contributed by atoms with van der Waals surface area (Å²) in [4.78, 5) is 13.4. The van der Waals surface area contributed by atoms with Gasteiger partial charge in [-0.1, -0.05) is 18.2 Å². The average Bonchev–Trinajstić information content (AvgIpc) is 2.55. The minimum atomic E-state index is -3.73. The standard InChI is InChI=1S/C16H17N3O3S2/c17-24(21,22)12-7-5-11(6-8-12)18-16(20)19-14-9-10-23-15-4-2-1-3-13(14)15/h1-8,14H,9-10H2,(H2,17,21,22)(H2,18,19,20)/t14-/m1/s1. The van der Waals surface area contributed by atoms with Crippen LogP contribution in [-0.4, -0.2) is 20.2 Å². The van der Waals surface area contributed by atoms with Crippen molar-refractivity contribution in [2.45, 2.75) is 22.3 Å². The normalized spacial score (nSPS) is 17.0. The summed E-state index contributed by atoms with van der Waals surface area (Å²) in [6, 6.07) is 13.4. The van der Waals surface area contributed by atoms with Crippen LogP contribution in [0.1, 0.15) is 18.0 Å². The average molecular weight is 363 g/mol. The molecule has 0 aliphatic carbocycles. The molecule has 6 nitrogen and oxygen atoms in total. The molecule has 0 radical (unpaired) electrons. The molecule has 1 atom stereocenters. The molecule has 0 saturated carbocycles. The predicted molar refractivity (Wildman–Crippen MR) is 94.5 cm³/mol. The lowest BCUT2D eigenvalue weighted by molar-refractivity contribution is 0.248. The van der Waals surface area contributed by atoms with E-state index in [9.17, 15) is 13.2 Å². The summed E-state index contributed by atoms with van der Waals surface area (Å²) in [6.07, 6.45) is 0.861. The van der Waals surface area contributed by atoms with Crippen molar-refractivity contribution >= 4 is 33.5 Å². The molecule has 0 spiro atoms. The number of sulfonamides is 1. The third kappa shape index (κ3) is 3.89. The summed E-state index contributed by atoms with van der Waals surface area (Å²) in [5.74, 6) is 0.949. The molecular formula is C16H17N3O3S2. The van der Waals surface area contributed by atoms with Crippen molar-refractivity contribution in [3.05, 3.63) is 54.1 Å². The van der Waals surface area contributed by atoms with Crippen molar-refractivity contribution in [2.75, 3.05) is 11.1 Å². The Kier molecular flexibility index (Phi) is 4.79. The first kappa shape index (κ1) is 16.8. The molecule has 1 aliphatic heterocycles. The van der Waals surface area contributed by atoms with Gasteiger partial charge >= 0.3 is 6.03 Å². The van der Waals surface area contributed by atoms with E-state index in [1.807, 2.05) is 18.2 Å². The number of benzene rings is 2. The van der Waals surface area contributed by atoms with Gasteiger partial charge in [-0.15, -0.1) is 11.8 Å². The van der Waals surface area contributed by atoms with Crippen LogP contribution in [0.25, 0.3) is 0 Å². The van der Waals surface area contributed by atoms with Crippen molar-refractivity contribution in [1.82, 2.24) is 5.32 Å². The largest absolute Gasteiger partial charge is 0.331 e. The zero-order valence-electron chi connectivity index (χ0n) is 12.7. The van der Waals surface area contributed by atoms with E-state index >= 15 is 0 Å². The summed E-state index contributed by atoms with van der Waals surface area (Å²) in [5, 5.41) is 10.7. The van der Waals surface area contributed by atoms with Crippen LogP contribution in [0.15, 0.2) is 58.3 Å². The topological polar surface area (TPSA) is 101 Å². The lowest BCUT2D eigenvalue weighted by Crippen LogP contribution is -2.34. The molecule has 1 aliphatic rings. The first-order valence-corrected chi connectivity index (χ1v) is 9.89. The van der Waals surface area contributed by atoms with Crippen LogP contribution in [0.5, 0.6) is 0 Å². The molecule has 2 aromatic rings. The molecule has 0 fully saturated rings. The fourth-order valence-electron chi connectivity index (χ4n) is 2.55. The monoisotopic (exact) mass is 363 g/mol. The van der Waals surface area contributed by atoms with Crippen LogP contribution in [0, 0.1) is 0 Å². The SMILES string of the molecule is NS(=O)(=O)c1ccc(NC(=O)N[C@@H]2CCSc3ccccc32)cc1. The van der Waals surface area contributed by atoms with E-state index in [2.05, 4.69) is 16.7 Å². The highest BCUT2D eigenvalue weighted by molar-refractivity contribution is 7.99. The third-order valence-electron chi connectivity index (χ3n) is 3.70. The quantitative estimate of drug-likeness (QED) is 0.780. The number of urea groups is 1. The first-order chi connectivity index (χ1) is 11.4. The fourth-order valence-corrected chi connectivity index (χ4v) is 4.19. The highest BCUT2D eigenvalue weighted by Crippen LogP contribution is 2.35. The van der Waals surface area contributed by atoms with Gasteiger partial charge in [0.2, 0.25) is 10.0 Å². The molecule has 0 unspecified atom stereocenters. The Balaban J connectivity index is 1.66. The van der Waals surface area contributed by atoms with Gasteiger partial charge in [-0.05, 0) is 42.3 Å². The number of anilines is 1. The highest BCUT2D eigenvalue weighted by atomic mass is 32.2. The van der Waals surface area contributed by atoms with Crippen molar-refractivity contribution < 1.29 is 13.2 Å². The van der Waals surface area contributed by atoms with Crippen molar-refractivity contribution in [3.63, 3.8) is 0 Å². The second kappa shape index (κ2) is 6.84. The lowest BCUT2D eigenvalue weighted by atomic mass is 10.0. The number of amides is 2. The zero-order chi connectivity index (χ0) is 17.2. The number of hydrogen-bond acceptors (Lipinski definition) is 4. The number of thioether (sulfide) groups is 1. The van der Waals surface area contributed by atoms with Crippen LogP contribution >= 0.6 is 11.8 Å². The van der Waals surface area contributed by atoms with E-state index < -0.39 is 10.0 Å². The van der Waals surface area contributed by atoms with Gasteiger partial charge in [0, 0.05) is 16.3 Å². The number of carbonyl (C=O) groups is 1. The molecule has 8 heteroatoms. The van der Waals surface area contributed by atoms with Crippen molar-refractivity contribution in [2.24, 2.45) is 5.14 Å². The molecule has 2 aromatic carbocycles. The van der Waals surface area contributed by atoms with Gasteiger partial charge in [-0.3, -0.25) is 0 Å². The van der Waals surface area contributed by atoms with Gasteiger partial charge in [0.15, 0.2) is 0 Å². The number of nitrogens with one attached hydrogen (secondary N) is 2. The van der Waals surface area contributed by atoms with Gasteiger partial charge in [-0.2, -0.15) is 0 Å². The second-order valence-electron chi connectivity index (χ2n) is 5.40. The van der Waals surface area contributed by atoms with Crippen LogP contribution < -0.4 is 15.8 Å². The molecule has 126 valence electrons. The number of carbonyl (C=O) groups excluding carboxylic acids is 1. The Morgan fingerprint density at radius 3 is 2.54 bits per heavy atom. The summed E-state index contributed by atoms with van der Waals surface area (Å²) in [6.45, 7) is 0. The molecule has 3 rings (SSSR count). The number of rotatable bonds is 3. The molecule has 0 bridgehead atoms. The molecule has 1 heterocycles. The van der Waals surface area contributed by atoms with Crippen molar-refractivity contribution in [3.8, 4) is 0 Å². The second-order valence-corrected chi connectivity index (χ2v) is 8.09. The van der Waals surface area contributed by atoms with Crippen LogP contribution in [0.4, 0.5) is 10.5 Å². The number of hydrogen-bond donors (Lipinski definition) is 3. The van der Waals surface area contributed by atoms with Crippen molar-refractivity contribution in [1.29, 1.82) is 0 Å². The Bertz CT molecular complexity index is 851. The van der Waals surface area contributed by atoms with Crippen LogP contribution in [-0.2, 0) is 10.0 Å². The number of primary sulfonamides is 1. The first-order valence-electron chi connectivity index (χ1n) is 7.35. The molecule has 0 saturated heterocycles. The molecule has 2 amide bonds. The van der Waals surface area contributed by atoms with Crippen LogP contribution in [0.3, 0.4) is 0 Å². The van der Waals surface area contributed by atoms with Gasteiger partial charge < -0.3 is 10.6 Å². The minimum Gasteiger partial charge on any atom is -0.331 e. The maximum Gasteiger partial charge on any atom is 0.319 e. The Labute approximate surface area is 144 Å². The third-order valence-corrected chi connectivity index (χ3v) is 5.76. The van der Waals surface area contributed by atoms with Crippen LogP contribution in [0.2, 0.25) is 0 Å². The van der Waals surface area contributed by atoms with E-state index in [-0.39, 0.29) is 17.0 Å². The smallest absolute Gasteiger partial charge is 0.319 e. The molecule has 0 aromatic heterocycles. The molecular weight excluding hydrogens is 346 g/mol. The fraction of sp³-hybridized carbons (Fsp3) is 0.188. The molecule has 4 N–H and O–H groups in total. The van der Waals surface area contributed by atoms with E-state index in [0.717, 1.165) is 17.7 Å². The van der Waals surface area contributed by atoms with E-state index in [1.165, 1.54) is 29.2 Å². The summed E-state index contributed by atoms with van der Waals surface area (Å²) in [5.41, 5.74) is 1.62. The number of nitrogens with two attached hydrogens (primary N) is 1. The summed E-state index contributed by atoms with van der Waals surface area (Å²) < 4.78 is 22.4. The summed E-state index contributed by atoms with van der Waals surface area (Å²) >= 11 is 1.79. The summed E-state index contributed by atoms with van der Waals surface area (Å²) in [7, 11) is -3.73. The zero-order valence-corrected chi connectivity index (χ0v) is 14.4. The molecule has 24 heavy (non-hydrogen) atoms. The Morgan fingerprint density at radius 1 is 1.12 bits per heavy atom. The van der Waals surface area contributed by atoms with Gasteiger partial charge in [0.25, 0.3) is 0 Å². The van der Waals surface area contributed by atoms with Gasteiger partial charge in [0.05, 0.1) is 10.9 Å². The maximum absolute atomic E-state index is 12.2. The van der Waals surface area contributed by atoms with E-state index in [1.54, 1.807) is 11.8 Å².